The van der Waals surface area contributed by atoms with Crippen LogP contribution in [0.2, 0.25) is 0 Å². The minimum atomic E-state index is 0.139. The highest BCUT2D eigenvalue weighted by Gasteiger charge is 2.41. The van der Waals surface area contributed by atoms with E-state index in [1.165, 1.54) is 33.4 Å². The van der Waals surface area contributed by atoms with Crippen molar-refractivity contribution < 1.29 is 18.9 Å². The Morgan fingerprint density at radius 3 is 2.02 bits per heavy atom. The van der Waals surface area contributed by atoms with Crippen molar-refractivity contribution in [1.82, 2.24) is 15.1 Å². The van der Waals surface area contributed by atoms with E-state index in [-0.39, 0.29) is 6.04 Å². The van der Waals surface area contributed by atoms with Crippen LogP contribution in [-0.4, -0.2) is 63.0 Å². The zero-order chi connectivity index (χ0) is 32.4. The lowest BCUT2D eigenvalue weighted by atomic mass is 9.72. The molecule has 3 heterocycles. The largest absolute Gasteiger partial charge is 0.493 e. The van der Waals surface area contributed by atoms with Gasteiger partial charge in [-0.3, -0.25) is 4.90 Å². The molecule has 4 unspecified atom stereocenters. The van der Waals surface area contributed by atoms with E-state index in [0.717, 1.165) is 79.8 Å². The van der Waals surface area contributed by atoms with Gasteiger partial charge in [0.1, 0.15) is 0 Å². The van der Waals surface area contributed by atoms with Gasteiger partial charge in [-0.2, -0.15) is 0 Å². The molecular weight excluding hydrogens is 595 g/mol. The number of piperidine rings is 1. The molecule has 0 aromatic heterocycles. The van der Waals surface area contributed by atoms with E-state index in [0.29, 0.717) is 24.4 Å². The van der Waals surface area contributed by atoms with Gasteiger partial charge < -0.3 is 29.2 Å². The summed E-state index contributed by atoms with van der Waals surface area (Å²) in [4.78, 5) is 5.16. The summed E-state index contributed by atoms with van der Waals surface area (Å²) in [7, 11) is 6.89. The number of thiocarbonyl (C=S) groups is 1. The third-order valence-electron chi connectivity index (χ3n) is 10.7. The van der Waals surface area contributed by atoms with Crippen molar-refractivity contribution in [2.24, 2.45) is 11.8 Å². The molecule has 0 saturated carbocycles. The highest BCUT2D eigenvalue weighted by molar-refractivity contribution is 7.80. The smallest absolute Gasteiger partial charge is 0.169 e. The second-order valence-electron chi connectivity index (χ2n) is 13.1. The number of aryl methyl sites for hydroxylation is 1. The summed E-state index contributed by atoms with van der Waals surface area (Å²) in [5.41, 5.74) is 7.90. The fourth-order valence-electron chi connectivity index (χ4n) is 8.05. The van der Waals surface area contributed by atoms with E-state index in [9.17, 15) is 0 Å². The minimum absolute atomic E-state index is 0.139. The first-order chi connectivity index (χ1) is 22.4. The highest BCUT2D eigenvalue weighted by Crippen LogP contribution is 2.49. The molecule has 4 atom stereocenters. The van der Waals surface area contributed by atoms with Crippen LogP contribution in [0.3, 0.4) is 0 Å². The van der Waals surface area contributed by atoms with Crippen LogP contribution in [0.4, 0.5) is 0 Å². The number of nitrogens with one attached hydrogen (secondary N) is 1. The maximum Gasteiger partial charge on any atom is 0.169 e. The minimum Gasteiger partial charge on any atom is -0.493 e. The first kappa shape index (κ1) is 32.5. The van der Waals surface area contributed by atoms with Gasteiger partial charge in [-0.25, -0.2) is 0 Å². The SMILES string of the molecule is CCC1CN2CCc3cc(OC)c(OC)cc3C2CC1CC1c2cc(OC)c(OC)cc2CCN1C(=S)NCc1ccc(C)cc1. The second kappa shape index (κ2) is 14.1. The lowest BCUT2D eigenvalue weighted by Crippen LogP contribution is -2.49. The van der Waals surface area contributed by atoms with Crippen LogP contribution < -0.4 is 24.3 Å². The fraction of sp³-hybridized carbons (Fsp3) is 0.500. The van der Waals surface area contributed by atoms with Crippen molar-refractivity contribution in [2.75, 3.05) is 48.1 Å². The van der Waals surface area contributed by atoms with Gasteiger partial charge in [0.15, 0.2) is 28.1 Å². The summed E-state index contributed by atoms with van der Waals surface area (Å²) in [5, 5.41) is 4.43. The van der Waals surface area contributed by atoms with Crippen LogP contribution in [0.15, 0.2) is 48.5 Å². The first-order valence-corrected chi connectivity index (χ1v) is 17.1. The number of rotatable bonds is 9. The third kappa shape index (κ3) is 6.39. The third-order valence-corrected chi connectivity index (χ3v) is 11.0. The Morgan fingerprint density at radius 2 is 1.39 bits per heavy atom. The van der Waals surface area contributed by atoms with Crippen LogP contribution in [0.25, 0.3) is 0 Å². The molecule has 3 aromatic carbocycles. The molecule has 0 amide bonds. The first-order valence-electron chi connectivity index (χ1n) is 16.7. The quantitative estimate of drug-likeness (QED) is 0.249. The van der Waals surface area contributed by atoms with Crippen molar-refractivity contribution in [3.63, 3.8) is 0 Å². The van der Waals surface area contributed by atoms with Crippen molar-refractivity contribution in [2.45, 2.75) is 64.6 Å². The summed E-state index contributed by atoms with van der Waals surface area (Å²) >= 11 is 6.16. The Labute approximate surface area is 280 Å². The van der Waals surface area contributed by atoms with E-state index >= 15 is 0 Å². The monoisotopic (exact) mass is 643 g/mol. The fourth-order valence-corrected chi connectivity index (χ4v) is 8.34. The van der Waals surface area contributed by atoms with E-state index < -0.39 is 0 Å². The molecule has 7 nitrogen and oxygen atoms in total. The van der Waals surface area contributed by atoms with E-state index in [1.54, 1.807) is 28.4 Å². The molecule has 3 aliphatic rings. The van der Waals surface area contributed by atoms with Crippen LogP contribution in [0.1, 0.15) is 71.7 Å². The van der Waals surface area contributed by atoms with Crippen LogP contribution in [0, 0.1) is 18.8 Å². The molecular formula is C38H49N3O4S. The summed E-state index contributed by atoms with van der Waals surface area (Å²) < 4.78 is 23.0. The second-order valence-corrected chi connectivity index (χ2v) is 13.5. The molecule has 1 fully saturated rings. The van der Waals surface area contributed by atoms with Crippen molar-refractivity contribution >= 4 is 17.3 Å². The van der Waals surface area contributed by atoms with Crippen molar-refractivity contribution in [3.05, 3.63) is 81.9 Å². The molecule has 3 aromatic rings. The Bertz CT molecular complexity index is 1540. The molecule has 8 heteroatoms. The molecule has 246 valence electrons. The molecule has 1 N–H and O–H groups in total. The number of ether oxygens (including phenoxy) is 4. The number of hydrogen-bond donors (Lipinski definition) is 1. The lowest BCUT2D eigenvalue weighted by Gasteiger charge is -2.49. The Kier molecular flexibility index (Phi) is 9.95. The predicted octanol–water partition coefficient (Wildman–Crippen LogP) is 7.04. The molecule has 0 aliphatic carbocycles. The Balaban J connectivity index is 1.32. The molecule has 6 rings (SSSR count). The van der Waals surface area contributed by atoms with Gasteiger partial charge in [-0.15, -0.1) is 0 Å². The van der Waals surface area contributed by atoms with Crippen LogP contribution in [0.5, 0.6) is 23.0 Å². The predicted molar refractivity (Wildman–Crippen MR) is 187 cm³/mol. The number of methoxy groups -OCH3 is 4. The number of nitrogens with zero attached hydrogens (tertiary/aromatic N) is 2. The average molecular weight is 644 g/mol. The molecule has 0 bridgehead atoms. The summed E-state index contributed by atoms with van der Waals surface area (Å²) in [6, 6.07) is 18.0. The maximum atomic E-state index is 6.16. The van der Waals surface area contributed by atoms with Crippen molar-refractivity contribution in [1.29, 1.82) is 0 Å². The summed E-state index contributed by atoms with van der Waals surface area (Å²) in [6.45, 7) is 8.25. The number of hydrogen-bond acceptors (Lipinski definition) is 6. The van der Waals surface area contributed by atoms with E-state index in [4.69, 9.17) is 31.2 Å². The lowest BCUT2D eigenvalue weighted by molar-refractivity contribution is 0.0376. The normalized spacial score (nSPS) is 22.3. The van der Waals surface area contributed by atoms with Gasteiger partial charge in [0.05, 0.1) is 34.5 Å². The Hall–Kier alpha value is -3.49. The molecule has 46 heavy (non-hydrogen) atoms. The zero-order valence-electron chi connectivity index (χ0n) is 28.2. The van der Waals surface area contributed by atoms with Gasteiger partial charge in [-0.1, -0.05) is 43.2 Å². The van der Waals surface area contributed by atoms with Crippen molar-refractivity contribution in [3.8, 4) is 23.0 Å². The number of fused-ring (bicyclic) bond motifs is 4. The standard InChI is InChI=1S/C38H49N3O4S/c1-7-26-23-40-14-12-27-18-34(42-3)36(44-5)20-30(27)32(40)16-29(26)17-33-31-21-37(45-6)35(43-4)19-28(31)13-15-41(33)38(46)39-22-25-10-8-24(2)9-11-25/h8-11,18-21,26,29,32-33H,7,12-17,22-23H2,1-6H3,(H,39,46). The highest BCUT2D eigenvalue weighted by atomic mass is 32.1. The molecule has 1 saturated heterocycles. The van der Waals surface area contributed by atoms with E-state index in [1.807, 2.05) is 0 Å². The molecule has 0 spiro atoms. The van der Waals surface area contributed by atoms with Gasteiger partial charge in [0, 0.05) is 32.2 Å². The van der Waals surface area contributed by atoms with Gasteiger partial charge >= 0.3 is 0 Å². The van der Waals surface area contributed by atoms with Crippen LogP contribution in [-0.2, 0) is 19.4 Å². The average Bonchev–Trinajstić information content (AvgIpc) is 3.09. The topological polar surface area (TPSA) is 55.4 Å². The number of benzene rings is 3. The maximum absolute atomic E-state index is 6.16. The summed E-state index contributed by atoms with van der Waals surface area (Å²) in [5.74, 6) is 4.33. The molecule has 3 aliphatic heterocycles. The summed E-state index contributed by atoms with van der Waals surface area (Å²) in [6.07, 6.45) is 5.25. The van der Waals surface area contributed by atoms with Gasteiger partial charge in [0.2, 0.25) is 0 Å². The van der Waals surface area contributed by atoms with Crippen LogP contribution >= 0.6 is 12.2 Å². The zero-order valence-corrected chi connectivity index (χ0v) is 29.0. The Morgan fingerprint density at radius 1 is 0.804 bits per heavy atom. The molecule has 0 radical (unpaired) electrons. The van der Waals surface area contributed by atoms with Gasteiger partial charge in [0.25, 0.3) is 0 Å². The van der Waals surface area contributed by atoms with E-state index in [2.05, 4.69) is 77.5 Å². The van der Waals surface area contributed by atoms with Gasteiger partial charge in [-0.05, 0) is 109 Å².